The quantitative estimate of drug-likeness (QED) is 0.630. The molecule has 7 heteroatoms. The Kier molecular flexibility index (Phi) is 4.34. The number of hydrogen-bond acceptors (Lipinski definition) is 5. The molecule has 5 N–H and O–H groups in total. The molecule has 1 unspecified atom stereocenters. The van der Waals surface area contributed by atoms with Gasteiger partial charge in [-0.25, -0.2) is 9.78 Å². The molecule has 0 bridgehead atoms. The van der Waals surface area contributed by atoms with E-state index in [2.05, 4.69) is 10.3 Å². The number of benzene rings is 1. The number of rotatable bonds is 5. The van der Waals surface area contributed by atoms with Gasteiger partial charge in [0.2, 0.25) is 0 Å². The first-order valence-corrected chi connectivity index (χ1v) is 6.32. The summed E-state index contributed by atoms with van der Waals surface area (Å²) in [5, 5.41) is 20.8. The van der Waals surface area contributed by atoms with Crippen LogP contribution in [0.4, 0.5) is 5.69 Å². The van der Waals surface area contributed by atoms with Crippen LogP contribution in [0, 0.1) is 0 Å². The van der Waals surface area contributed by atoms with Crippen LogP contribution in [0.2, 0.25) is 0 Å². The van der Waals surface area contributed by atoms with Crippen LogP contribution in [-0.2, 0) is 4.79 Å². The Labute approximate surface area is 120 Å². The van der Waals surface area contributed by atoms with Crippen molar-refractivity contribution in [3.8, 4) is 0 Å². The number of carbonyl (C=O) groups excluding carboxylic acids is 1. The summed E-state index contributed by atoms with van der Waals surface area (Å²) < 4.78 is 0. The highest BCUT2D eigenvalue weighted by Crippen LogP contribution is 2.20. The number of aromatic nitrogens is 1. The summed E-state index contributed by atoms with van der Waals surface area (Å²) in [4.78, 5) is 27.2. The summed E-state index contributed by atoms with van der Waals surface area (Å²) in [5.41, 5.74) is 6.85. The van der Waals surface area contributed by atoms with Crippen molar-refractivity contribution in [3.63, 3.8) is 0 Å². The van der Waals surface area contributed by atoms with Gasteiger partial charge < -0.3 is 21.3 Å². The molecule has 0 aliphatic carbocycles. The second-order valence-corrected chi connectivity index (χ2v) is 4.49. The third-order valence-corrected chi connectivity index (χ3v) is 3.00. The van der Waals surface area contributed by atoms with E-state index in [0.29, 0.717) is 11.2 Å². The third kappa shape index (κ3) is 3.26. The van der Waals surface area contributed by atoms with Crippen molar-refractivity contribution in [1.29, 1.82) is 0 Å². The van der Waals surface area contributed by atoms with Crippen molar-refractivity contribution in [2.75, 3.05) is 12.3 Å². The third-order valence-electron chi connectivity index (χ3n) is 3.00. The summed E-state index contributed by atoms with van der Waals surface area (Å²) in [5.74, 6) is -1.86. The maximum Gasteiger partial charge on any atom is 0.326 e. The fraction of sp³-hybridized carbons (Fsp3) is 0.214. The lowest BCUT2D eigenvalue weighted by molar-refractivity contribution is -0.139. The fourth-order valence-electron chi connectivity index (χ4n) is 1.94. The van der Waals surface area contributed by atoms with E-state index in [-0.39, 0.29) is 18.7 Å². The second-order valence-electron chi connectivity index (χ2n) is 4.49. The van der Waals surface area contributed by atoms with Crippen LogP contribution in [-0.4, -0.2) is 39.7 Å². The Morgan fingerprint density at radius 3 is 2.71 bits per heavy atom. The van der Waals surface area contributed by atoms with E-state index < -0.39 is 17.9 Å². The summed E-state index contributed by atoms with van der Waals surface area (Å²) >= 11 is 0. The van der Waals surface area contributed by atoms with Gasteiger partial charge in [-0.05, 0) is 12.1 Å². The number of carboxylic acid groups (broad SMARTS) is 1. The van der Waals surface area contributed by atoms with Crippen molar-refractivity contribution in [2.45, 2.75) is 12.5 Å². The highest BCUT2D eigenvalue weighted by atomic mass is 16.4. The number of nitrogens with two attached hydrogens (primary N) is 1. The summed E-state index contributed by atoms with van der Waals surface area (Å²) in [6.07, 6.45) is -0.0792. The Balaban J connectivity index is 2.29. The average molecular weight is 289 g/mol. The zero-order chi connectivity index (χ0) is 15.4. The number of pyridine rings is 1. The number of aliphatic hydroxyl groups is 1. The van der Waals surface area contributed by atoms with Crippen molar-refractivity contribution in [3.05, 3.63) is 36.0 Å². The zero-order valence-corrected chi connectivity index (χ0v) is 11.1. The van der Waals surface area contributed by atoms with Crippen molar-refractivity contribution < 1.29 is 19.8 Å². The standard InChI is InChI=1S/C14H15N3O4/c15-9-7-12(16-10-4-2-1-3-8(9)10)13(19)17-11(5-6-18)14(20)21/h1-4,7,11,18H,5-6H2,(H2,15,16)(H,17,19)(H,20,21). The monoisotopic (exact) mass is 289 g/mol. The lowest BCUT2D eigenvalue weighted by atomic mass is 10.1. The lowest BCUT2D eigenvalue weighted by Gasteiger charge is -2.13. The smallest absolute Gasteiger partial charge is 0.326 e. The SMILES string of the molecule is Nc1cc(C(=O)NC(CCO)C(=O)O)nc2ccccc12. The number of anilines is 1. The average Bonchev–Trinajstić information content (AvgIpc) is 2.46. The number of carboxylic acids is 1. The Morgan fingerprint density at radius 1 is 1.33 bits per heavy atom. The zero-order valence-electron chi connectivity index (χ0n) is 11.1. The first-order valence-electron chi connectivity index (χ1n) is 6.32. The number of hydrogen-bond donors (Lipinski definition) is 4. The van der Waals surface area contributed by atoms with Crippen molar-refractivity contribution in [2.24, 2.45) is 0 Å². The minimum absolute atomic E-state index is 0.0374. The number of nitrogens with zero attached hydrogens (tertiary/aromatic N) is 1. The minimum Gasteiger partial charge on any atom is -0.480 e. The molecule has 1 atom stereocenters. The van der Waals surface area contributed by atoms with E-state index in [1.165, 1.54) is 6.07 Å². The van der Waals surface area contributed by atoms with Gasteiger partial charge in [0.25, 0.3) is 5.91 Å². The molecule has 1 aromatic heterocycles. The first-order chi connectivity index (χ1) is 10.0. The number of amides is 1. The molecule has 1 amide bonds. The van der Waals surface area contributed by atoms with Gasteiger partial charge in [0, 0.05) is 24.1 Å². The lowest BCUT2D eigenvalue weighted by Crippen LogP contribution is -2.41. The first kappa shape index (κ1) is 14.7. The second kappa shape index (κ2) is 6.19. The Hall–Kier alpha value is -2.67. The number of aliphatic carboxylic acids is 1. The highest BCUT2D eigenvalue weighted by molar-refractivity contribution is 6.00. The number of carbonyl (C=O) groups is 2. The molecular formula is C14H15N3O4. The number of nitrogen functional groups attached to an aromatic ring is 1. The van der Waals surface area contributed by atoms with Gasteiger partial charge in [-0.3, -0.25) is 4.79 Å². The Morgan fingerprint density at radius 2 is 2.05 bits per heavy atom. The molecule has 1 aromatic carbocycles. The van der Waals surface area contributed by atoms with Crippen LogP contribution in [0.5, 0.6) is 0 Å². The molecule has 0 saturated heterocycles. The molecule has 2 rings (SSSR count). The summed E-state index contributed by atoms with van der Waals surface area (Å²) in [6, 6.07) is 7.30. The van der Waals surface area contributed by atoms with E-state index in [1.807, 2.05) is 6.07 Å². The highest BCUT2D eigenvalue weighted by Gasteiger charge is 2.21. The van der Waals surface area contributed by atoms with Crippen LogP contribution in [0.25, 0.3) is 10.9 Å². The number of fused-ring (bicyclic) bond motifs is 1. The molecule has 0 aliphatic heterocycles. The largest absolute Gasteiger partial charge is 0.480 e. The molecule has 110 valence electrons. The van der Waals surface area contributed by atoms with Crippen LogP contribution >= 0.6 is 0 Å². The molecule has 2 aromatic rings. The minimum atomic E-state index is -1.22. The van der Waals surface area contributed by atoms with Gasteiger partial charge in [-0.1, -0.05) is 18.2 Å². The molecule has 1 heterocycles. The van der Waals surface area contributed by atoms with Crippen LogP contribution < -0.4 is 11.1 Å². The van der Waals surface area contributed by atoms with Gasteiger partial charge >= 0.3 is 5.97 Å². The van der Waals surface area contributed by atoms with E-state index >= 15 is 0 Å². The van der Waals surface area contributed by atoms with Crippen LogP contribution in [0.3, 0.4) is 0 Å². The maximum atomic E-state index is 12.1. The predicted octanol–water partition coefficient (Wildman–Crippen LogP) is 0.382. The maximum absolute atomic E-state index is 12.1. The van der Waals surface area contributed by atoms with Gasteiger partial charge in [-0.15, -0.1) is 0 Å². The number of aliphatic hydroxyl groups excluding tert-OH is 1. The molecule has 7 nitrogen and oxygen atoms in total. The van der Waals surface area contributed by atoms with Gasteiger partial charge in [-0.2, -0.15) is 0 Å². The Bertz CT molecular complexity index is 687. The number of nitrogens with one attached hydrogen (secondary N) is 1. The van der Waals surface area contributed by atoms with Crippen LogP contribution in [0.1, 0.15) is 16.9 Å². The number of para-hydroxylation sites is 1. The summed E-state index contributed by atoms with van der Waals surface area (Å²) in [6.45, 7) is -0.343. The summed E-state index contributed by atoms with van der Waals surface area (Å²) in [7, 11) is 0. The van der Waals surface area contributed by atoms with Crippen LogP contribution in [0.15, 0.2) is 30.3 Å². The fourth-order valence-corrected chi connectivity index (χ4v) is 1.94. The molecule has 0 spiro atoms. The van der Waals surface area contributed by atoms with Crippen molar-refractivity contribution in [1.82, 2.24) is 10.3 Å². The molecule has 21 heavy (non-hydrogen) atoms. The van der Waals surface area contributed by atoms with E-state index in [1.54, 1.807) is 18.2 Å². The molecule has 0 aliphatic rings. The van der Waals surface area contributed by atoms with E-state index in [0.717, 1.165) is 5.39 Å². The molecular weight excluding hydrogens is 274 g/mol. The molecule has 0 fully saturated rings. The van der Waals surface area contributed by atoms with Gasteiger partial charge in [0.1, 0.15) is 11.7 Å². The predicted molar refractivity (Wildman–Crippen MR) is 76.7 cm³/mol. The van der Waals surface area contributed by atoms with Gasteiger partial charge in [0.05, 0.1) is 5.52 Å². The van der Waals surface area contributed by atoms with Crippen molar-refractivity contribution >= 4 is 28.5 Å². The molecule has 0 saturated carbocycles. The van der Waals surface area contributed by atoms with E-state index in [9.17, 15) is 9.59 Å². The van der Waals surface area contributed by atoms with E-state index in [4.69, 9.17) is 15.9 Å². The molecule has 0 radical (unpaired) electrons. The van der Waals surface area contributed by atoms with Gasteiger partial charge in [0.15, 0.2) is 0 Å². The topological polar surface area (TPSA) is 126 Å². The normalized spacial score (nSPS) is 12.0.